The van der Waals surface area contributed by atoms with Gasteiger partial charge in [-0.15, -0.1) is 0 Å². The summed E-state index contributed by atoms with van der Waals surface area (Å²) in [5, 5.41) is 12.9. The first kappa shape index (κ1) is 17.7. The summed E-state index contributed by atoms with van der Waals surface area (Å²) < 4.78 is 30.6. The zero-order valence-corrected chi connectivity index (χ0v) is 14.1. The molecule has 0 fully saturated rings. The molecule has 1 atom stereocenters. The second kappa shape index (κ2) is 7.84. The molecule has 1 amide bonds. The molecule has 0 spiro atoms. The number of carbonyl (C=O) groups is 1. The number of ether oxygens (including phenoxy) is 1. The third kappa shape index (κ3) is 4.29. The predicted molar refractivity (Wildman–Crippen MR) is 91.2 cm³/mol. The molecule has 3 rings (SSSR count). The van der Waals surface area contributed by atoms with Crippen LogP contribution in [0.2, 0.25) is 0 Å². The number of halogens is 2. The number of hydrogen-bond acceptors (Lipinski definition) is 4. The number of aliphatic hydroxyl groups is 1. The molecule has 4 nitrogen and oxygen atoms in total. The summed E-state index contributed by atoms with van der Waals surface area (Å²) in [6, 6.07) is 11.6. The van der Waals surface area contributed by atoms with Crippen molar-refractivity contribution in [1.29, 1.82) is 0 Å². The van der Waals surface area contributed by atoms with Gasteiger partial charge in [0.2, 0.25) is 0 Å². The zero-order valence-electron chi connectivity index (χ0n) is 13.2. The lowest BCUT2D eigenvalue weighted by atomic mass is 10.0. The van der Waals surface area contributed by atoms with Gasteiger partial charge in [-0.2, -0.15) is 8.78 Å². The van der Waals surface area contributed by atoms with E-state index in [4.69, 9.17) is 4.74 Å². The Labute approximate surface area is 148 Å². The number of carbonyl (C=O) groups excluding carboxylic acids is 1. The number of rotatable bonds is 6. The van der Waals surface area contributed by atoms with Crippen LogP contribution in [0, 0.1) is 0 Å². The second-order valence-electron chi connectivity index (χ2n) is 5.57. The van der Waals surface area contributed by atoms with Gasteiger partial charge in [0.05, 0.1) is 18.3 Å². The number of nitrogens with one attached hydrogen (secondary N) is 1. The number of thioether (sulfide) groups is 1. The molecule has 0 unspecified atom stereocenters. The van der Waals surface area contributed by atoms with Crippen LogP contribution in [-0.4, -0.2) is 29.9 Å². The summed E-state index contributed by atoms with van der Waals surface area (Å²) >= 11 is 0.327. The Bertz CT molecular complexity index is 770. The van der Waals surface area contributed by atoms with Gasteiger partial charge in [0.25, 0.3) is 11.7 Å². The van der Waals surface area contributed by atoms with Gasteiger partial charge in [-0.05, 0) is 35.4 Å². The molecule has 0 saturated heterocycles. The number of aliphatic hydroxyl groups excluding tert-OH is 1. The average molecular weight is 365 g/mol. The molecule has 0 bridgehead atoms. The minimum absolute atomic E-state index is 0.00778. The number of fused-ring (bicyclic) bond motifs is 1. The van der Waals surface area contributed by atoms with E-state index in [9.17, 15) is 18.7 Å². The summed E-state index contributed by atoms with van der Waals surface area (Å²) in [7, 11) is 0. The van der Waals surface area contributed by atoms with E-state index in [1.54, 1.807) is 24.3 Å². The van der Waals surface area contributed by atoms with Gasteiger partial charge < -0.3 is 15.2 Å². The number of amides is 1. The van der Waals surface area contributed by atoms with Crippen molar-refractivity contribution in [3.8, 4) is 5.75 Å². The summed E-state index contributed by atoms with van der Waals surface area (Å²) in [6.07, 6.45) is -0.0923. The number of hydrogen-bond donors (Lipinski definition) is 2. The van der Waals surface area contributed by atoms with Crippen LogP contribution in [0.1, 0.15) is 27.6 Å². The average Bonchev–Trinajstić information content (AvgIpc) is 3.07. The van der Waals surface area contributed by atoms with Gasteiger partial charge in [-0.3, -0.25) is 4.79 Å². The molecule has 2 N–H and O–H groups in total. The fourth-order valence-electron chi connectivity index (χ4n) is 2.67. The third-order valence-electron chi connectivity index (χ3n) is 3.90. The Morgan fingerprint density at radius 2 is 2.08 bits per heavy atom. The highest BCUT2D eigenvalue weighted by atomic mass is 32.2. The summed E-state index contributed by atoms with van der Waals surface area (Å²) in [5.74, 6) is -2.28. The van der Waals surface area contributed by atoms with E-state index >= 15 is 0 Å². The normalized spacial score (nSPS) is 14.1. The summed E-state index contributed by atoms with van der Waals surface area (Å²) in [5.41, 5.74) is 1.88. The minimum Gasteiger partial charge on any atom is -0.493 e. The van der Waals surface area contributed by atoms with Crippen molar-refractivity contribution in [2.24, 2.45) is 0 Å². The highest BCUT2D eigenvalue weighted by molar-refractivity contribution is 7.99. The van der Waals surface area contributed by atoms with Crippen molar-refractivity contribution >= 4 is 17.7 Å². The standard InChI is InChI=1S/C18H17F2NO3S/c19-18(20)25-16-4-2-1-3-13(16)17(23)21-10-14(22)11-5-6-15-12(9-11)7-8-24-15/h1-6,9,14,18,22H,7-8,10H2,(H,21,23)/t14-/m0/s1. The van der Waals surface area contributed by atoms with Crippen LogP contribution in [0.5, 0.6) is 5.75 Å². The smallest absolute Gasteiger partial charge is 0.288 e. The molecule has 0 saturated carbocycles. The molecule has 0 radical (unpaired) electrons. The van der Waals surface area contributed by atoms with Crippen LogP contribution < -0.4 is 10.1 Å². The van der Waals surface area contributed by atoms with E-state index < -0.39 is 17.8 Å². The molecule has 7 heteroatoms. The number of benzene rings is 2. The zero-order chi connectivity index (χ0) is 17.8. The lowest BCUT2D eigenvalue weighted by Gasteiger charge is -2.14. The molecule has 1 heterocycles. The Morgan fingerprint density at radius 3 is 2.88 bits per heavy atom. The maximum absolute atomic E-state index is 12.6. The fourth-order valence-corrected chi connectivity index (χ4v) is 3.31. The van der Waals surface area contributed by atoms with E-state index in [2.05, 4.69) is 5.32 Å². The van der Waals surface area contributed by atoms with Crippen LogP contribution in [0.15, 0.2) is 47.4 Å². The monoisotopic (exact) mass is 365 g/mol. The number of alkyl halides is 2. The van der Waals surface area contributed by atoms with Crippen LogP contribution in [0.25, 0.3) is 0 Å². The molecular weight excluding hydrogens is 348 g/mol. The highest BCUT2D eigenvalue weighted by Crippen LogP contribution is 2.29. The van der Waals surface area contributed by atoms with Gasteiger partial charge in [0.1, 0.15) is 5.75 Å². The lowest BCUT2D eigenvalue weighted by Crippen LogP contribution is -2.28. The van der Waals surface area contributed by atoms with E-state index in [0.29, 0.717) is 23.9 Å². The first-order chi connectivity index (χ1) is 12.0. The van der Waals surface area contributed by atoms with Crippen molar-refractivity contribution in [2.45, 2.75) is 23.2 Å². The molecular formula is C18H17F2NO3S. The predicted octanol–water partition coefficient (Wildman–Crippen LogP) is 3.40. The van der Waals surface area contributed by atoms with E-state index in [1.165, 1.54) is 12.1 Å². The van der Waals surface area contributed by atoms with Gasteiger partial charge in [0, 0.05) is 17.9 Å². The molecule has 1 aliphatic heterocycles. The lowest BCUT2D eigenvalue weighted by molar-refractivity contribution is 0.0913. The van der Waals surface area contributed by atoms with Crippen molar-refractivity contribution in [2.75, 3.05) is 13.2 Å². The summed E-state index contributed by atoms with van der Waals surface area (Å²) in [4.78, 5) is 12.5. The Kier molecular flexibility index (Phi) is 5.55. The fraction of sp³-hybridized carbons (Fsp3) is 0.278. The van der Waals surface area contributed by atoms with E-state index in [1.807, 2.05) is 6.07 Å². The topological polar surface area (TPSA) is 58.6 Å². The van der Waals surface area contributed by atoms with Crippen molar-refractivity contribution in [3.05, 3.63) is 59.2 Å². The molecule has 25 heavy (non-hydrogen) atoms. The van der Waals surface area contributed by atoms with Crippen LogP contribution in [0.3, 0.4) is 0 Å². The van der Waals surface area contributed by atoms with Crippen LogP contribution >= 0.6 is 11.8 Å². The van der Waals surface area contributed by atoms with Crippen LogP contribution in [-0.2, 0) is 6.42 Å². The molecule has 0 aliphatic carbocycles. The van der Waals surface area contributed by atoms with Crippen molar-refractivity contribution in [1.82, 2.24) is 5.32 Å². The second-order valence-corrected chi connectivity index (χ2v) is 6.60. The van der Waals surface area contributed by atoms with E-state index in [-0.39, 0.29) is 17.0 Å². The Balaban J connectivity index is 1.64. The maximum Gasteiger partial charge on any atom is 0.288 e. The molecule has 132 valence electrons. The van der Waals surface area contributed by atoms with Gasteiger partial charge in [-0.1, -0.05) is 30.0 Å². The molecule has 2 aromatic rings. The van der Waals surface area contributed by atoms with Crippen molar-refractivity contribution in [3.63, 3.8) is 0 Å². The molecule has 2 aromatic carbocycles. The summed E-state index contributed by atoms with van der Waals surface area (Å²) in [6.45, 7) is 0.621. The largest absolute Gasteiger partial charge is 0.493 e. The van der Waals surface area contributed by atoms with Gasteiger partial charge in [-0.25, -0.2) is 0 Å². The van der Waals surface area contributed by atoms with Crippen LogP contribution in [0.4, 0.5) is 8.78 Å². The first-order valence-electron chi connectivity index (χ1n) is 7.80. The van der Waals surface area contributed by atoms with Gasteiger partial charge in [0.15, 0.2) is 0 Å². The highest BCUT2D eigenvalue weighted by Gasteiger charge is 2.18. The van der Waals surface area contributed by atoms with Crippen molar-refractivity contribution < 1.29 is 23.4 Å². The Morgan fingerprint density at radius 1 is 1.28 bits per heavy atom. The molecule has 0 aromatic heterocycles. The van der Waals surface area contributed by atoms with Gasteiger partial charge >= 0.3 is 0 Å². The SMILES string of the molecule is O=C(NC[C@H](O)c1ccc2c(c1)CCO2)c1ccccc1SC(F)F. The molecule has 1 aliphatic rings. The minimum atomic E-state index is -2.60. The first-order valence-corrected chi connectivity index (χ1v) is 8.68. The third-order valence-corrected chi connectivity index (χ3v) is 4.69. The quantitative estimate of drug-likeness (QED) is 0.771. The van der Waals surface area contributed by atoms with E-state index in [0.717, 1.165) is 17.7 Å². The maximum atomic E-state index is 12.6. The Hall–Kier alpha value is -2.12.